The number of aromatic amines is 2. The number of amides is 12. The Kier molecular flexibility index (Phi) is 27.6. The lowest BCUT2D eigenvalue weighted by molar-refractivity contribution is 0.221. The molecule has 0 aliphatic heterocycles. The zero-order chi connectivity index (χ0) is 56.1. The van der Waals surface area contributed by atoms with Gasteiger partial charge in [-0.3, -0.25) is 0 Å². The number of nitrogens with two attached hydrogens (primary N) is 2. The van der Waals surface area contributed by atoms with Crippen LogP contribution in [0.5, 0.6) is 0 Å². The maximum absolute atomic E-state index is 13.6. The van der Waals surface area contributed by atoms with Crippen molar-refractivity contribution in [3.05, 3.63) is 72.1 Å². The van der Waals surface area contributed by atoms with Crippen LogP contribution >= 0.6 is 0 Å². The monoisotopic (exact) mass is 1070 g/mol. The summed E-state index contributed by atoms with van der Waals surface area (Å²) in [6.45, 7) is 13.7. The largest absolute Gasteiger partial charge is 0.361 e. The molecule has 0 saturated heterocycles. The number of carbonyl (C=O) groups excluding carboxylic acids is 6. The van der Waals surface area contributed by atoms with Crippen molar-refractivity contribution in [2.75, 3.05) is 59.4 Å². The number of rotatable bonds is 33. The van der Waals surface area contributed by atoms with E-state index in [9.17, 15) is 28.8 Å². The summed E-state index contributed by atoms with van der Waals surface area (Å²) in [6, 6.07) is 10.9. The third-order valence-electron chi connectivity index (χ3n) is 13.2. The highest BCUT2D eigenvalue weighted by Crippen LogP contribution is 2.20. The van der Waals surface area contributed by atoms with Crippen LogP contribution in [0.1, 0.15) is 91.2 Å². The third-order valence-corrected chi connectivity index (χ3v) is 13.2. The van der Waals surface area contributed by atoms with Gasteiger partial charge in [0.25, 0.3) is 0 Å². The van der Waals surface area contributed by atoms with Crippen molar-refractivity contribution in [1.82, 2.24) is 79.1 Å². The topological polar surface area (TPSA) is 342 Å². The van der Waals surface area contributed by atoms with Gasteiger partial charge in [0.05, 0.1) is 18.1 Å². The van der Waals surface area contributed by atoms with Gasteiger partial charge < -0.3 is 90.6 Å². The van der Waals surface area contributed by atoms with E-state index in [1.807, 2.05) is 103 Å². The van der Waals surface area contributed by atoms with Gasteiger partial charge >= 0.3 is 36.2 Å². The van der Waals surface area contributed by atoms with Gasteiger partial charge in [0.1, 0.15) is 0 Å². The number of hydrogen-bond acceptors (Lipinski definition) is 9. The number of H-pyrrole nitrogens is 2. The summed E-state index contributed by atoms with van der Waals surface area (Å²) in [6.07, 6.45) is 8.94. The second-order valence-electron chi connectivity index (χ2n) is 20.8. The molecule has 6 atom stereocenters. The first-order chi connectivity index (χ1) is 37.0. The zero-order valence-corrected chi connectivity index (χ0v) is 46.4. The van der Waals surface area contributed by atoms with Crippen molar-refractivity contribution in [2.45, 2.75) is 135 Å². The van der Waals surface area contributed by atoms with Gasteiger partial charge in [0.15, 0.2) is 0 Å². The van der Waals surface area contributed by atoms with Crippen molar-refractivity contribution >= 4 is 58.0 Å². The number of carbonyl (C=O) groups is 6. The number of fused-ring (bicyclic) bond motifs is 2. The van der Waals surface area contributed by atoms with E-state index in [2.05, 4.69) is 85.2 Å². The standard InChI is InChI=1S/C54H91N17O6/c1-34(2)47(32-63-51(74)66-39(16-12-14-22-55)29-60-49(72)68-41(28-57-7)24-37-26-58-45-20-10-8-18-43(37)45)70-53(76)62-31-42(25-38-27-59-46-21-11-9-19-44(38)46)69-50(73)61-30-40(17-13-15-23-56)67-52(75)64-33-48(35(3)4)71-54(77)65-36(5)6/h8-11,18-21,26-27,34-36,39-42,47-48,57-59H,12-17,22-25,28-33,55-56H2,1-7H3,(H2,60,68,72)(H2,61,69,73)(H2,62,70,76)(H2,63,66,74)(H2,64,67,75)(H2,65,71,77)/t39-,40-,41-,42-,47?,48+/m0/s1. The molecule has 12 amide bonds. The molecule has 4 aromatic rings. The summed E-state index contributed by atoms with van der Waals surface area (Å²) in [5.74, 6) is -0.0340. The van der Waals surface area contributed by atoms with E-state index in [1.54, 1.807) is 0 Å². The Morgan fingerprint density at radius 1 is 0.442 bits per heavy atom. The minimum absolute atomic E-state index is 0.0430. The molecule has 0 spiro atoms. The smallest absolute Gasteiger partial charge is 0.315 e. The predicted molar refractivity (Wildman–Crippen MR) is 306 cm³/mol. The molecule has 0 bridgehead atoms. The Hall–Kier alpha value is -6.98. The number of aromatic nitrogens is 2. The van der Waals surface area contributed by atoms with Crippen molar-refractivity contribution in [3.63, 3.8) is 0 Å². The lowest BCUT2D eigenvalue weighted by Crippen LogP contribution is -2.56. The molecule has 0 radical (unpaired) electrons. The Labute approximate surface area is 454 Å². The van der Waals surface area contributed by atoms with Gasteiger partial charge in [0.2, 0.25) is 0 Å². The number of urea groups is 6. The van der Waals surface area contributed by atoms with Crippen LogP contribution in [0.4, 0.5) is 28.8 Å². The van der Waals surface area contributed by atoms with E-state index in [4.69, 9.17) is 11.5 Å². The van der Waals surface area contributed by atoms with Crippen LogP contribution in [0.15, 0.2) is 60.9 Å². The normalized spacial score (nSPS) is 13.7. The molecule has 77 heavy (non-hydrogen) atoms. The molecule has 2 heterocycles. The van der Waals surface area contributed by atoms with Gasteiger partial charge in [-0.1, -0.05) is 76.9 Å². The second-order valence-corrected chi connectivity index (χ2v) is 20.8. The van der Waals surface area contributed by atoms with E-state index in [0.29, 0.717) is 45.3 Å². The molecule has 0 fully saturated rings. The molecule has 1 unspecified atom stereocenters. The van der Waals surface area contributed by atoms with Crippen LogP contribution < -0.4 is 80.6 Å². The molecular formula is C54H91N17O6. The highest BCUT2D eigenvalue weighted by Gasteiger charge is 2.24. The molecule has 23 nitrogen and oxygen atoms in total. The summed E-state index contributed by atoms with van der Waals surface area (Å²) < 4.78 is 0. The summed E-state index contributed by atoms with van der Waals surface area (Å²) in [7, 11) is 1.84. The molecule has 2 aromatic heterocycles. The van der Waals surface area contributed by atoms with Gasteiger partial charge in [-0.05, 0) is 108 Å². The van der Waals surface area contributed by atoms with Crippen LogP contribution in [-0.2, 0) is 12.8 Å². The van der Waals surface area contributed by atoms with E-state index >= 15 is 0 Å². The average Bonchev–Trinajstić information content (AvgIpc) is 4.00. The van der Waals surface area contributed by atoms with Crippen LogP contribution in [0.25, 0.3) is 21.8 Å². The van der Waals surface area contributed by atoms with Crippen molar-refractivity contribution in [2.24, 2.45) is 23.3 Å². The summed E-state index contributed by atoms with van der Waals surface area (Å²) >= 11 is 0. The number of benzene rings is 2. The Morgan fingerprint density at radius 3 is 1.21 bits per heavy atom. The first-order valence-electron chi connectivity index (χ1n) is 27.4. The van der Waals surface area contributed by atoms with E-state index in [1.165, 1.54) is 0 Å². The number of nitrogens with one attached hydrogen (secondary N) is 15. The minimum atomic E-state index is -0.567. The first kappa shape index (κ1) is 62.6. The second kappa shape index (κ2) is 33.9. The molecule has 0 aliphatic rings. The van der Waals surface area contributed by atoms with Crippen LogP contribution in [0, 0.1) is 11.8 Å². The molecule has 0 aliphatic carbocycles. The zero-order valence-electron chi connectivity index (χ0n) is 46.4. The fraction of sp³-hybridized carbons (Fsp3) is 0.593. The van der Waals surface area contributed by atoms with Crippen LogP contribution in [0.2, 0.25) is 0 Å². The Morgan fingerprint density at radius 2 is 0.805 bits per heavy atom. The Bertz CT molecular complexity index is 2410. The molecule has 19 N–H and O–H groups in total. The molecule has 4 rings (SSSR count). The number of unbranched alkanes of at least 4 members (excludes halogenated alkanes) is 2. The summed E-state index contributed by atoms with van der Waals surface area (Å²) in [5, 5.41) is 40.6. The molecule has 428 valence electrons. The van der Waals surface area contributed by atoms with Crippen LogP contribution in [-0.4, -0.2) is 148 Å². The summed E-state index contributed by atoms with van der Waals surface area (Å²) in [4.78, 5) is 86.0. The fourth-order valence-electron chi connectivity index (χ4n) is 8.84. The van der Waals surface area contributed by atoms with Crippen LogP contribution in [0.3, 0.4) is 0 Å². The molecule has 2 aromatic carbocycles. The highest BCUT2D eigenvalue weighted by atomic mass is 16.2. The lowest BCUT2D eigenvalue weighted by Gasteiger charge is -2.26. The maximum Gasteiger partial charge on any atom is 0.315 e. The average molecular weight is 1070 g/mol. The quantitative estimate of drug-likeness (QED) is 0.0309. The number of likely N-dealkylation sites (N-methyl/N-ethyl adjacent to an activating group) is 1. The maximum atomic E-state index is 13.6. The lowest BCUT2D eigenvalue weighted by atomic mass is 10.0. The third kappa shape index (κ3) is 23.4. The molecular weight excluding hydrogens is 983 g/mol. The number of para-hydroxylation sites is 2. The van der Waals surface area contributed by atoms with E-state index in [0.717, 1.165) is 58.6 Å². The Balaban J connectivity index is 1.32. The highest BCUT2D eigenvalue weighted by molar-refractivity contribution is 5.84. The minimum Gasteiger partial charge on any atom is -0.361 e. The van der Waals surface area contributed by atoms with Gasteiger partial charge in [-0.2, -0.15) is 0 Å². The van der Waals surface area contributed by atoms with E-state index < -0.39 is 48.3 Å². The van der Waals surface area contributed by atoms with Crippen molar-refractivity contribution in [1.29, 1.82) is 0 Å². The van der Waals surface area contributed by atoms with Crippen molar-refractivity contribution < 1.29 is 28.8 Å². The van der Waals surface area contributed by atoms with Gasteiger partial charge in [-0.25, -0.2) is 28.8 Å². The van der Waals surface area contributed by atoms with E-state index in [-0.39, 0.29) is 74.7 Å². The van der Waals surface area contributed by atoms with Gasteiger partial charge in [0, 0.05) is 97.6 Å². The fourth-order valence-corrected chi connectivity index (χ4v) is 8.84. The van der Waals surface area contributed by atoms with Gasteiger partial charge in [-0.15, -0.1) is 0 Å². The number of hydrogen-bond donors (Lipinski definition) is 17. The predicted octanol–water partition coefficient (Wildman–Crippen LogP) is 3.64. The molecule has 23 heteroatoms. The summed E-state index contributed by atoms with van der Waals surface area (Å²) in [5.41, 5.74) is 15.6. The van der Waals surface area contributed by atoms with Crippen molar-refractivity contribution in [3.8, 4) is 0 Å². The first-order valence-corrected chi connectivity index (χ1v) is 27.4. The molecule has 0 saturated carbocycles. The SMILES string of the molecule is CNC[C@H](Cc1c[nH]c2ccccc12)NC(=O)NC[C@H](CCCCN)NC(=O)NCC(NC(=O)NC[C@H](Cc1c[nH]c2ccccc12)NC(=O)NC[C@H](CCCCN)NC(=O)NC[C@@H](NC(=O)NC(C)C)C(C)C)C(C)C.